The van der Waals surface area contributed by atoms with Gasteiger partial charge in [0.05, 0.1) is 28.2 Å². The first-order valence-electron chi connectivity index (χ1n) is 13.3. The number of alkyl halides is 3. The van der Waals surface area contributed by atoms with Gasteiger partial charge in [-0.1, -0.05) is 37.8 Å². The molecule has 9 heteroatoms. The van der Waals surface area contributed by atoms with Gasteiger partial charge in [0.15, 0.2) is 0 Å². The third kappa shape index (κ3) is 7.39. The third-order valence-electron chi connectivity index (χ3n) is 7.31. The SMILES string of the molecule is CCc1cc(P(C)(C)=O)ccc1NCC#Cc1sc2c(N[C@H]3CCN(C)C[C@H]3C)cccc2c1CC(F)(F)F. The van der Waals surface area contributed by atoms with Gasteiger partial charge in [-0.05, 0) is 86.5 Å². The fraction of sp³-hybridized carbons (Fsp3) is 0.467. The molecule has 0 unspecified atom stereocenters. The lowest BCUT2D eigenvalue weighted by atomic mass is 9.94. The molecule has 1 aliphatic rings. The molecular weight excluding hydrogens is 538 g/mol. The second-order valence-corrected chi connectivity index (χ2v) is 15.1. The fourth-order valence-corrected chi connectivity index (χ4v) is 7.24. The molecular formula is C30H37F3N3OPS. The summed E-state index contributed by atoms with van der Waals surface area (Å²) in [7, 11) is -0.250. The zero-order chi connectivity index (χ0) is 28.4. The highest BCUT2D eigenvalue weighted by molar-refractivity contribution is 7.70. The Kier molecular flexibility index (Phi) is 9.05. The number of anilines is 2. The molecule has 2 N–H and O–H groups in total. The van der Waals surface area contributed by atoms with Crippen molar-refractivity contribution < 1.29 is 17.7 Å². The van der Waals surface area contributed by atoms with E-state index in [1.54, 1.807) is 19.4 Å². The summed E-state index contributed by atoms with van der Waals surface area (Å²) in [5, 5.41) is 8.38. The van der Waals surface area contributed by atoms with Crippen LogP contribution in [-0.4, -0.2) is 57.1 Å². The van der Waals surface area contributed by atoms with Crippen molar-refractivity contribution >= 4 is 45.2 Å². The predicted molar refractivity (Wildman–Crippen MR) is 161 cm³/mol. The number of thiophene rings is 1. The lowest BCUT2D eigenvalue weighted by Crippen LogP contribution is -2.43. The van der Waals surface area contributed by atoms with E-state index in [0.717, 1.165) is 52.9 Å². The molecule has 0 bridgehead atoms. The Morgan fingerprint density at radius 3 is 2.62 bits per heavy atom. The van der Waals surface area contributed by atoms with Crippen LogP contribution >= 0.6 is 18.5 Å². The Hall–Kier alpha value is -2.46. The Bertz CT molecular complexity index is 1430. The first-order chi connectivity index (χ1) is 18.4. The van der Waals surface area contributed by atoms with Crippen molar-refractivity contribution in [3.05, 3.63) is 52.4 Å². The maximum atomic E-state index is 13.6. The molecule has 210 valence electrons. The average molecular weight is 576 g/mol. The van der Waals surface area contributed by atoms with Crippen LogP contribution in [0.4, 0.5) is 24.5 Å². The molecule has 0 amide bonds. The molecule has 2 aromatic carbocycles. The second-order valence-electron chi connectivity index (χ2n) is 10.9. The molecule has 3 aromatic rings. The number of piperidine rings is 1. The fourth-order valence-electron chi connectivity index (χ4n) is 5.17. The van der Waals surface area contributed by atoms with Crippen LogP contribution in [0.5, 0.6) is 0 Å². The first kappa shape index (κ1) is 29.5. The van der Waals surface area contributed by atoms with E-state index in [2.05, 4.69) is 41.3 Å². The summed E-state index contributed by atoms with van der Waals surface area (Å²) in [5.74, 6) is 6.52. The molecule has 1 saturated heterocycles. The van der Waals surface area contributed by atoms with Crippen LogP contribution in [0.1, 0.15) is 36.3 Å². The van der Waals surface area contributed by atoms with Crippen molar-refractivity contribution in [1.82, 2.24) is 4.90 Å². The Morgan fingerprint density at radius 2 is 1.95 bits per heavy atom. The summed E-state index contributed by atoms with van der Waals surface area (Å²) >= 11 is 1.33. The molecule has 39 heavy (non-hydrogen) atoms. The van der Waals surface area contributed by atoms with Crippen molar-refractivity contribution in [2.24, 2.45) is 5.92 Å². The molecule has 0 saturated carbocycles. The molecule has 2 atom stereocenters. The molecule has 0 spiro atoms. The summed E-state index contributed by atoms with van der Waals surface area (Å²) in [6.45, 7) is 10.0. The van der Waals surface area contributed by atoms with Crippen LogP contribution in [-0.2, 0) is 17.4 Å². The number of aryl methyl sites for hydroxylation is 1. The second kappa shape index (κ2) is 12.0. The van der Waals surface area contributed by atoms with Crippen molar-refractivity contribution in [2.45, 2.75) is 45.3 Å². The Labute approximate surface area is 233 Å². The van der Waals surface area contributed by atoms with E-state index < -0.39 is 19.7 Å². The zero-order valence-corrected chi connectivity index (χ0v) is 24.9. The number of halogens is 3. The Morgan fingerprint density at radius 1 is 1.18 bits per heavy atom. The number of nitrogens with one attached hydrogen (secondary N) is 2. The van der Waals surface area contributed by atoms with Crippen LogP contribution in [0.25, 0.3) is 10.1 Å². The highest BCUT2D eigenvalue weighted by Gasteiger charge is 2.31. The molecule has 4 rings (SSSR count). The lowest BCUT2D eigenvalue weighted by Gasteiger charge is -2.35. The minimum atomic E-state index is -4.33. The maximum Gasteiger partial charge on any atom is 0.393 e. The molecule has 4 nitrogen and oxygen atoms in total. The highest BCUT2D eigenvalue weighted by atomic mass is 32.1. The van der Waals surface area contributed by atoms with Crippen molar-refractivity contribution in [2.75, 3.05) is 50.6 Å². The van der Waals surface area contributed by atoms with Gasteiger partial charge in [0.25, 0.3) is 0 Å². The van der Waals surface area contributed by atoms with Crippen LogP contribution in [0.2, 0.25) is 0 Å². The summed E-state index contributed by atoms with van der Waals surface area (Å²) in [4.78, 5) is 2.76. The van der Waals surface area contributed by atoms with Gasteiger partial charge < -0.3 is 20.1 Å². The van der Waals surface area contributed by atoms with Crippen LogP contribution in [0.3, 0.4) is 0 Å². The zero-order valence-electron chi connectivity index (χ0n) is 23.2. The summed E-state index contributed by atoms with van der Waals surface area (Å²) in [6, 6.07) is 11.6. The lowest BCUT2D eigenvalue weighted by molar-refractivity contribution is -0.126. The average Bonchev–Trinajstić information content (AvgIpc) is 3.19. The van der Waals surface area contributed by atoms with Gasteiger partial charge in [0.2, 0.25) is 0 Å². The number of fused-ring (bicyclic) bond motifs is 1. The first-order valence-corrected chi connectivity index (χ1v) is 16.7. The summed E-state index contributed by atoms with van der Waals surface area (Å²) in [5.41, 5.74) is 3.06. The van der Waals surface area contributed by atoms with Crippen molar-refractivity contribution in [3.8, 4) is 11.8 Å². The van der Waals surface area contributed by atoms with Gasteiger partial charge in [-0.25, -0.2) is 0 Å². The monoisotopic (exact) mass is 575 g/mol. The number of likely N-dealkylation sites (tertiary alicyclic amines) is 1. The van der Waals surface area contributed by atoms with Crippen LogP contribution < -0.4 is 15.9 Å². The van der Waals surface area contributed by atoms with E-state index in [1.165, 1.54) is 11.3 Å². The van der Waals surface area contributed by atoms with E-state index in [0.29, 0.717) is 22.7 Å². The third-order valence-corrected chi connectivity index (χ3v) is 10.0. The van der Waals surface area contributed by atoms with Gasteiger partial charge in [0, 0.05) is 23.6 Å². The molecule has 1 fully saturated rings. The quantitative estimate of drug-likeness (QED) is 0.235. The van der Waals surface area contributed by atoms with Crippen LogP contribution in [0, 0.1) is 17.8 Å². The summed E-state index contributed by atoms with van der Waals surface area (Å²) < 4.78 is 54.1. The van der Waals surface area contributed by atoms with E-state index in [4.69, 9.17) is 0 Å². The smallest absolute Gasteiger partial charge is 0.381 e. The minimum absolute atomic E-state index is 0.246. The number of hydrogen-bond donors (Lipinski definition) is 2. The standard InChI is InChI=1S/C30H37F3N3OPS/c1-6-21-17-22(38(4,5)37)12-13-26(21)34-15-8-11-28-24(18-30(31,32)33)23-9-7-10-27(29(23)39-28)35-25-14-16-36(3)19-20(25)2/h7,9-10,12-13,17,20,25,34-35H,6,14-16,18-19H2,1-5H3/t20-,25+/m1/s1. The topological polar surface area (TPSA) is 44.4 Å². The van der Waals surface area contributed by atoms with Gasteiger partial charge in [0.1, 0.15) is 7.14 Å². The Balaban J connectivity index is 1.60. The highest BCUT2D eigenvalue weighted by Crippen LogP contribution is 2.40. The molecule has 0 radical (unpaired) electrons. The van der Waals surface area contributed by atoms with Gasteiger partial charge >= 0.3 is 6.18 Å². The summed E-state index contributed by atoms with van der Waals surface area (Å²) in [6.07, 6.45) is -3.58. The van der Waals surface area contributed by atoms with E-state index in [1.807, 2.05) is 37.3 Å². The van der Waals surface area contributed by atoms with Gasteiger partial charge in [-0.3, -0.25) is 0 Å². The van der Waals surface area contributed by atoms with Gasteiger partial charge in [-0.2, -0.15) is 13.2 Å². The largest absolute Gasteiger partial charge is 0.393 e. The maximum absolute atomic E-state index is 13.6. The normalized spacial score (nSPS) is 18.6. The minimum Gasteiger partial charge on any atom is -0.381 e. The molecule has 1 aromatic heterocycles. The predicted octanol–water partition coefficient (Wildman–Crippen LogP) is 7.03. The van der Waals surface area contributed by atoms with E-state index in [-0.39, 0.29) is 11.6 Å². The number of hydrogen-bond acceptors (Lipinski definition) is 5. The molecule has 1 aliphatic heterocycles. The van der Waals surface area contributed by atoms with Crippen molar-refractivity contribution in [1.29, 1.82) is 0 Å². The number of rotatable bonds is 7. The van der Waals surface area contributed by atoms with E-state index >= 15 is 0 Å². The number of nitrogens with zero attached hydrogens (tertiary/aromatic N) is 1. The number of benzene rings is 2. The van der Waals surface area contributed by atoms with Crippen LogP contribution in [0.15, 0.2) is 36.4 Å². The molecule has 2 heterocycles. The van der Waals surface area contributed by atoms with Crippen molar-refractivity contribution in [3.63, 3.8) is 0 Å². The molecule has 0 aliphatic carbocycles. The van der Waals surface area contributed by atoms with E-state index in [9.17, 15) is 17.7 Å². The van der Waals surface area contributed by atoms with Gasteiger partial charge in [-0.15, -0.1) is 11.3 Å².